The summed E-state index contributed by atoms with van der Waals surface area (Å²) in [5, 5.41) is 3.09. The van der Waals surface area contributed by atoms with Crippen molar-refractivity contribution in [3.05, 3.63) is 48.0 Å². The van der Waals surface area contributed by atoms with Crippen molar-refractivity contribution >= 4 is 11.6 Å². The first-order chi connectivity index (χ1) is 13.0. The first-order valence-corrected chi connectivity index (χ1v) is 9.06. The molecule has 146 valence electrons. The van der Waals surface area contributed by atoms with Gasteiger partial charge >= 0.3 is 0 Å². The molecule has 0 aromatic heterocycles. The molecule has 0 saturated carbocycles. The standard InChI is InChI=1S/C21H29N3O3/c1-15(2)27-18-9-7-17(8-10-18)24-21(22)23-13-5-6-16-14-19(25-3)11-12-20(16)26-4/h7-12,14-15H,5-6,13H2,1-4H3,(H3,22,23,24). The van der Waals surface area contributed by atoms with E-state index in [1.54, 1.807) is 14.2 Å². The van der Waals surface area contributed by atoms with Crippen molar-refractivity contribution < 1.29 is 14.2 Å². The van der Waals surface area contributed by atoms with Gasteiger partial charge in [0.25, 0.3) is 0 Å². The lowest BCUT2D eigenvalue weighted by atomic mass is 10.1. The summed E-state index contributed by atoms with van der Waals surface area (Å²) in [6, 6.07) is 13.4. The number of aliphatic imine (C=N–C) groups is 1. The van der Waals surface area contributed by atoms with Crippen LogP contribution in [0.4, 0.5) is 5.69 Å². The van der Waals surface area contributed by atoms with Crippen molar-refractivity contribution in [2.24, 2.45) is 10.7 Å². The molecule has 0 spiro atoms. The van der Waals surface area contributed by atoms with Crippen molar-refractivity contribution in [1.29, 1.82) is 0 Å². The highest BCUT2D eigenvalue weighted by molar-refractivity contribution is 5.92. The van der Waals surface area contributed by atoms with Crippen LogP contribution in [-0.2, 0) is 6.42 Å². The Kier molecular flexibility index (Phi) is 7.79. The highest BCUT2D eigenvalue weighted by atomic mass is 16.5. The van der Waals surface area contributed by atoms with Gasteiger partial charge in [-0.05, 0) is 74.7 Å². The van der Waals surface area contributed by atoms with Crippen LogP contribution in [0.15, 0.2) is 47.5 Å². The molecule has 0 unspecified atom stereocenters. The largest absolute Gasteiger partial charge is 0.497 e. The van der Waals surface area contributed by atoms with E-state index in [0.29, 0.717) is 12.5 Å². The number of nitrogens with two attached hydrogens (primary N) is 1. The van der Waals surface area contributed by atoms with Crippen molar-refractivity contribution in [3.8, 4) is 17.2 Å². The third kappa shape index (κ3) is 6.73. The number of nitrogens with one attached hydrogen (secondary N) is 1. The maximum absolute atomic E-state index is 5.97. The Bertz CT molecular complexity index is 743. The first kappa shape index (κ1) is 20.4. The van der Waals surface area contributed by atoms with Crippen LogP contribution >= 0.6 is 0 Å². The Hall–Kier alpha value is -2.89. The van der Waals surface area contributed by atoms with Crippen LogP contribution in [0, 0.1) is 0 Å². The van der Waals surface area contributed by atoms with Gasteiger partial charge in [0.2, 0.25) is 0 Å². The van der Waals surface area contributed by atoms with E-state index in [0.717, 1.165) is 41.3 Å². The summed E-state index contributed by atoms with van der Waals surface area (Å²) >= 11 is 0. The van der Waals surface area contributed by atoms with Gasteiger partial charge in [0.1, 0.15) is 17.2 Å². The van der Waals surface area contributed by atoms with Gasteiger partial charge in [-0.2, -0.15) is 0 Å². The zero-order valence-electron chi connectivity index (χ0n) is 16.5. The normalized spacial score (nSPS) is 11.4. The fraction of sp³-hybridized carbons (Fsp3) is 0.381. The highest BCUT2D eigenvalue weighted by Gasteiger charge is 2.05. The van der Waals surface area contributed by atoms with Crippen LogP contribution in [0.25, 0.3) is 0 Å². The monoisotopic (exact) mass is 371 g/mol. The van der Waals surface area contributed by atoms with E-state index >= 15 is 0 Å². The lowest BCUT2D eigenvalue weighted by Crippen LogP contribution is -2.22. The molecule has 6 nitrogen and oxygen atoms in total. The lowest BCUT2D eigenvalue weighted by molar-refractivity contribution is 0.242. The van der Waals surface area contributed by atoms with Gasteiger partial charge in [0.15, 0.2) is 5.96 Å². The van der Waals surface area contributed by atoms with Crippen LogP contribution in [0.2, 0.25) is 0 Å². The number of methoxy groups -OCH3 is 2. The second-order valence-electron chi connectivity index (χ2n) is 6.36. The van der Waals surface area contributed by atoms with E-state index in [2.05, 4.69) is 10.3 Å². The zero-order valence-corrected chi connectivity index (χ0v) is 16.5. The van der Waals surface area contributed by atoms with Crippen LogP contribution in [0.1, 0.15) is 25.8 Å². The van der Waals surface area contributed by atoms with E-state index in [1.165, 1.54) is 0 Å². The van der Waals surface area contributed by atoms with Gasteiger partial charge in [-0.1, -0.05) is 0 Å². The number of guanidine groups is 1. The van der Waals surface area contributed by atoms with Crippen LogP contribution in [-0.4, -0.2) is 32.8 Å². The number of ether oxygens (including phenoxy) is 3. The van der Waals surface area contributed by atoms with Gasteiger partial charge in [0.05, 0.1) is 20.3 Å². The number of hydrogen-bond acceptors (Lipinski definition) is 4. The molecule has 0 aliphatic carbocycles. The Morgan fingerprint density at radius 3 is 2.37 bits per heavy atom. The Labute approximate surface area is 161 Å². The minimum atomic E-state index is 0.152. The molecule has 0 fully saturated rings. The van der Waals surface area contributed by atoms with Gasteiger partial charge in [-0.3, -0.25) is 4.99 Å². The number of aryl methyl sites for hydroxylation is 1. The molecule has 0 bridgehead atoms. The van der Waals surface area contributed by atoms with Gasteiger partial charge < -0.3 is 25.3 Å². The Balaban J connectivity index is 1.84. The second kappa shape index (κ2) is 10.3. The third-order valence-electron chi connectivity index (χ3n) is 3.87. The maximum Gasteiger partial charge on any atom is 0.193 e. The fourth-order valence-corrected chi connectivity index (χ4v) is 2.62. The molecule has 0 aliphatic heterocycles. The molecule has 2 aromatic rings. The van der Waals surface area contributed by atoms with Crippen LogP contribution < -0.4 is 25.3 Å². The lowest BCUT2D eigenvalue weighted by Gasteiger charge is -2.11. The molecule has 2 rings (SSSR count). The number of nitrogens with zero attached hydrogens (tertiary/aromatic N) is 1. The number of benzene rings is 2. The van der Waals surface area contributed by atoms with E-state index in [-0.39, 0.29) is 6.10 Å². The summed E-state index contributed by atoms with van der Waals surface area (Å²) in [6.07, 6.45) is 1.84. The molecular formula is C21H29N3O3. The number of anilines is 1. The predicted molar refractivity (Wildman–Crippen MR) is 110 cm³/mol. The van der Waals surface area contributed by atoms with Crippen molar-refractivity contribution in [1.82, 2.24) is 0 Å². The molecule has 2 aromatic carbocycles. The van der Waals surface area contributed by atoms with Crippen molar-refractivity contribution in [2.75, 3.05) is 26.1 Å². The average molecular weight is 371 g/mol. The number of rotatable bonds is 9. The molecule has 0 aliphatic rings. The minimum absolute atomic E-state index is 0.152. The van der Waals surface area contributed by atoms with Crippen LogP contribution in [0.5, 0.6) is 17.2 Å². The van der Waals surface area contributed by atoms with Gasteiger partial charge in [-0.15, -0.1) is 0 Å². The first-order valence-electron chi connectivity index (χ1n) is 9.06. The van der Waals surface area contributed by atoms with E-state index in [9.17, 15) is 0 Å². The smallest absolute Gasteiger partial charge is 0.193 e. The quantitative estimate of drug-likeness (QED) is 0.398. The molecule has 0 saturated heterocycles. The SMILES string of the molecule is COc1ccc(OC)c(CCCN=C(N)Nc2ccc(OC(C)C)cc2)c1. The summed E-state index contributed by atoms with van der Waals surface area (Å²) < 4.78 is 16.3. The molecule has 0 amide bonds. The van der Waals surface area contributed by atoms with Crippen molar-refractivity contribution in [2.45, 2.75) is 32.8 Å². The second-order valence-corrected chi connectivity index (χ2v) is 6.36. The summed E-state index contributed by atoms with van der Waals surface area (Å²) in [7, 11) is 3.33. The summed E-state index contributed by atoms with van der Waals surface area (Å²) in [6.45, 7) is 4.61. The topological polar surface area (TPSA) is 78.1 Å². The zero-order chi connectivity index (χ0) is 19.6. The van der Waals surface area contributed by atoms with E-state index in [4.69, 9.17) is 19.9 Å². The Morgan fingerprint density at radius 1 is 1.04 bits per heavy atom. The predicted octanol–water partition coefficient (Wildman–Crippen LogP) is 3.85. The Morgan fingerprint density at radius 2 is 1.74 bits per heavy atom. The molecular weight excluding hydrogens is 342 g/mol. The number of hydrogen-bond donors (Lipinski definition) is 2. The minimum Gasteiger partial charge on any atom is -0.497 e. The highest BCUT2D eigenvalue weighted by Crippen LogP contribution is 2.25. The molecule has 0 heterocycles. The molecule has 27 heavy (non-hydrogen) atoms. The molecule has 6 heteroatoms. The van der Waals surface area contributed by atoms with Crippen LogP contribution in [0.3, 0.4) is 0 Å². The van der Waals surface area contributed by atoms with Crippen molar-refractivity contribution in [3.63, 3.8) is 0 Å². The summed E-state index contributed by atoms with van der Waals surface area (Å²) in [5.41, 5.74) is 7.94. The molecule has 3 N–H and O–H groups in total. The van der Waals surface area contributed by atoms with E-state index in [1.807, 2.05) is 56.3 Å². The molecule has 0 atom stereocenters. The summed E-state index contributed by atoms with van der Waals surface area (Å²) in [4.78, 5) is 4.38. The maximum atomic E-state index is 5.97. The van der Waals surface area contributed by atoms with Gasteiger partial charge in [-0.25, -0.2) is 0 Å². The molecule has 0 radical (unpaired) electrons. The van der Waals surface area contributed by atoms with Gasteiger partial charge in [0, 0.05) is 12.2 Å². The third-order valence-corrected chi connectivity index (χ3v) is 3.87. The summed E-state index contributed by atoms with van der Waals surface area (Å²) in [5.74, 6) is 2.90. The fourth-order valence-electron chi connectivity index (χ4n) is 2.62. The van der Waals surface area contributed by atoms with E-state index < -0.39 is 0 Å². The average Bonchev–Trinajstić information content (AvgIpc) is 2.66.